The number of anilines is 2. The SMILES string of the molecule is CCCN(CC(=O)Nc1c(-c2ccccc2)c(C)nn1-c1ccc(OC)cc1)C(=O)Nc1ccccc1F. The van der Waals surface area contributed by atoms with Crippen molar-refractivity contribution in [3.05, 3.63) is 90.4 Å². The van der Waals surface area contributed by atoms with Gasteiger partial charge in [-0.2, -0.15) is 5.10 Å². The second kappa shape index (κ2) is 12.1. The van der Waals surface area contributed by atoms with Gasteiger partial charge in [-0.05, 0) is 55.3 Å². The highest BCUT2D eigenvalue weighted by atomic mass is 19.1. The fourth-order valence-corrected chi connectivity index (χ4v) is 4.13. The Bertz CT molecular complexity index is 1400. The number of hydrogen-bond acceptors (Lipinski definition) is 4. The number of ether oxygens (including phenoxy) is 1. The van der Waals surface area contributed by atoms with Gasteiger partial charge in [0.2, 0.25) is 5.91 Å². The summed E-state index contributed by atoms with van der Waals surface area (Å²) in [5.74, 6) is 0.222. The van der Waals surface area contributed by atoms with Crippen LogP contribution in [0.25, 0.3) is 16.8 Å². The molecule has 8 nitrogen and oxygen atoms in total. The summed E-state index contributed by atoms with van der Waals surface area (Å²) >= 11 is 0. The molecule has 3 aromatic carbocycles. The summed E-state index contributed by atoms with van der Waals surface area (Å²) in [5, 5.41) is 10.2. The number of urea groups is 1. The molecule has 3 amide bonds. The van der Waals surface area contributed by atoms with E-state index in [9.17, 15) is 14.0 Å². The molecule has 0 unspecified atom stereocenters. The Kier molecular flexibility index (Phi) is 8.37. The second-order valence-electron chi connectivity index (χ2n) is 8.66. The Morgan fingerprint density at radius 2 is 1.66 bits per heavy atom. The molecule has 1 aromatic heterocycles. The second-order valence-corrected chi connectivity index (χ2v) is 8.66. The van der Waals surface area contributed by atoms with Crippen LogP contribution < -0.4 is 15.4 Å². The molecule has 0 aliphatic carbocycles. The van der Waals surface area contributed by atoms with Gasteiger partial charge in [0.05, 0.1) is 24.2 Å². The maximum Gasteiger partial charge on any atom is 0.322 e. The van der Waals surface area contributed by atoms with Gasteiger partial charge in [0, 0.05) is 12.1 Å². The largest absolute Gasteiger partial charge is 0.497 e. The van der Waals surface area contributed by atoms with Crippen molar-refractivity contribution >= 4 is 23.4 Å². The fourth-order valence-electron chi connectivity index (χ4n) is 4.13. The summed E-state index contributed by atoms with van der Waals surface area (Å²) in [7, 11) is 1.59. The average molecular weight is 516 g/mol. The van der Waals surface area contributed by atoms with Crippen LogP contribution in [0, 0.1) is 12.7 Å². The number of halogens is 1. The number of nitrogens with one attached hydrogen (secondary N) is 2. The zero-order valence-electron chi connectivity index (χ0n) is 21.6. The standard InChI is InChI=1S/C29H30FN5O3/c1-4-18-34(29(37)31-25-13-9-8-12-24(25)30)19-26(36)32-28-27(21-10-6-5-7-11-21)20(2)33-35(28)22-14-16-23(38-3)17-15-22/h5-17H,4,18-19H2,1-3H3,(H,31,37)(H,32,36). The predicted octanol–water partition coefficient (Wildman–Crippen LogP) is 5.88. The summed E-state index contributed by atoms with van der Waals surface area (Å²) in [6, 6.07) is 22.3. The topological polar surface area (TPSA) is 88.5 Å². The molecule has 196 valence electrons. The molecule has 0 spiro atoms. The van der Waals surface area contributed by atoms with Crippen molar-refractivity contribution in [3.63, 3.8) is 0 Å². The summed E-state index contributed by atoms with van der Waals surface area (Å²) in [5.41, 5.74) is 3.17. The molecule has 0 bridgehead atoms. The molecule has 0 aliphatic heterocycles. The minimum Gasteiger partial charge on any atom is -0.497 e. The van der Waals surface area contributed by atoms with Gasteiger partial charge in [0.15, 0.2) is 0 Å². The highest BCUT2D eigenvalue weighted by Crippen LogP contribution is 2.33. The lowest BCUT2D eigenvalue weighted by Crippen LogP contribution is -2.41. The van der Waals surface area contributed by atoms with Gasteiger partial charge in [0.25, 0.3) is 0 Å². The van der Waals surface area contributed by atoms with Crippen molar-refractivity contribution < 1.29 is 18.7 Å². The quantitative estimate of drug-likeness (QED) is 0.291. The number of aryl methyl sites for hydroxylation is 1. The van der Waals surface area contributed by atoms with Gasteiger partial charge < -0.3 is 20.3 Å². The van der Waals surface area contributed by atoms with Gasteiger partial charge in [0.1, 0.15) is 23.9 Å². The van der Waals surface area contributed by atoms with E-state index in [4.69, 9.17) is 9.84 Å². The molecular weight excluding hydrogens is 485 g/mol. The maximum absolute atomic E-state index is 14.1. The number of aromatic nitrogens is 2. The van der Waals surface area contributed by atoms with Gasteiger partial charge in [-0.1, -0.05) is 49.4 Å². The third-order valence-corrected chi connectivity index (χ3v) is 5.93. The van der Waals surface area contributed by atoms with E-state index < -0.39 is 17.8 Å². The van der Waals surface area contributed by atoms with E-state index in [1.807, 2.05) is 68.4 Å². The van der Waals surface area contributed by atoms with Crippen molar-refractivity contribution in [2.24, 2.45) is 0 Å². The number of rotatable bonds is 9. The first-order valence-electron chi connectivity index (χ1n) is 12.3. The first-order chi connectivity index (χ1) is 18.4. The average Bonchev–Trinajstić information content (AvgIpc) is 3.25. The van der Waals surface area contributed by atoms with Crippen molar-refractivity contribution in [3.8, 4) is 22.6 Å². The van der Waals surface area contributed by atoms with Crippen LogP contribution in [-0.2, 0) is 4.79 Å². The number of carbonyl (C=O) groups excluding carboxylic acids is 2. The third kappa shape index (κ3) is 6.00. The maximum atomic E-state index is 14.1. The molecule has 0 atom stereocenters. The number of hydrogen-bond donors (Lipinski definition) is 2. The Morgan fingerprint density at radius 3 is 2.32 bits per heavy atom. The van der Waals surface area contributed by atoms with Crippen molar-refractivity contribution in [2.75, 3.05) is 30.8 Å². The lowest BCUT2D eigenvalue weighted by molar-refractivity contribution is -0.116. The van der Waals surface area contributed by atoms with Crippen LogP contribution in [0.1, 0.15) is 19.0 Å². The van der Waals surface area contributed by atoms with E-state index in [2.05, 4.69) is 10.6 Å². The first-order valence-corrected chi connectivity index (χ1v) is 12.3. The molecule has 2 N–H and O–H groups in total. The van der Waals surface area contributed by atoms with Crippen LogP contribution in [0.3, 0.4) is 0 Å². The van der Waals surface area contributed by atoms with Crippen LogP contribution in [0.4, 0.5) is 20.7 Å². The van der Waals surface area contributed by atoms with Gasteiger partial charge in [-0.15, -0.1) is 0 Å². The zero-order chi connectivity index (χ0) is 27.1. The Labute approximate surface area is 221 Å². The van der Waals surface area contributed by atoms with Crippen LogP contribution in [0.15, 0.2) is 78.9 Å². The Morgan fingerprint density at radius 1 is 0.974 bits per heavy atom. The van der Waals surface area contributed by atoms with E-state index in [0.717, 1.165) is 22.5 Å². The Hall–Kier alpha value is -4.66. The third-order valence-electron chi connectivity index (χ3n) is 5.93. The summed E-state index contributed by atoms with van der Waals surface area (Å²) in [6.07, 6.45) is 0.621. The van der Waals surface area contributed by atoms with Gasteiger partial charge >= 0.3 is 6.03 Å². The summed E-state index contributed by atoms with van der Waals surface area (Å²) < 4.78 is 21.0. The van der Waals surface area contributed by atoms with E-state index in [-0.39, 0.29) is 12.2 Å². The lowest BCUT2D eigenvalue weighted by Gasteiger charge is -2.22. The molecule has 4 aromatic rings. The molecule has 38 heavy (non-hydrogen) atoms. The first kappa shape index (κ1) is 26.4. The highest BCUT2D eigenvalue weighted by molar-refractivity contribution is 5.99. The summed E-state index contributed by atoms with van der Waals surface area (Å²) in [4.78, 5) is 27.6. The van der Waals surface area contributed by atoms with Crippen LogP contribution in [0.5, 0.6) is 5.75 Å². The summed E-state index contributed by atoms with van der Waals surface area (Å²) in [6.45, 7) is 3.87. The van der Waals surface area contributed by atoms with Gasteiger partial charge in [-0.25, -0.2) is 13.9 Å². The van der Waals surface area contributed by atoms with E-state index >= 15 is 0 Å². The van der Waals surface area contributed by atoms with Crippen molar-refractivity contribution in [1.29, 1.82) is 0 Å². The van der Waals surface area contributed by atoms with Crippen LogP contribution in [-0.4, -0.2) is 46.8 Å². The van der Waals surface area contributed by atoms with Crippen molar-refractivity contribution in [2.45, 2.75) is 20.3 Å². The fraction of sp³-hybridized carbons (Fsp3) is 0.207. The number of carbonyl (C=O) groups is 2. The monoisotopic (exact) mass is 515 g/mol. The number of methoxy groups -OCH3 is 1. The lowest BCUT2D eigenvalue weighted by atomic mass is 10.1. The molecule has 4 rings (SSSR count). The van der Waals surface area contributed by atoms with Gasteiger partial charge in [-0.3, -0.25) is 4.79 Å². The smallest absolute Gasteiger partial charge is 0.322 e. The van der Waals surface area contributed by atoms with E-state index in [0.29, 0.717) is 24.5 Å². The molecular formula is C29H30FN5O3. The molecule has 0 saturated heterocycles. The minimum atomic E-state index is -0.560. The zero-order valence-corrected chi connectivity index (χ0v) is 21.6. The number of para-hydroxylation sites is 1. The van der Waals surface area contributed by atoms with E-state index in [1.165, 1.54) is 17.0 Å². The molecule has 1 heterocycles. The predicted molar refractivity (Wildman–Crippen MR) is 146 cm³/mol. The molecule has 0 aliphatic rings. The van der Waals surface area contributed by atoms with Crippen LogP contribution in [0.2, 0.25) is 0 Å². The number of benzene rings is 3. The normalized spacial score (nSPS) is 10.6. The molecule has 9 heteroatoms. The molecule has 0 fully saturated rings. The highest BCUT2D eigenvalue weighted by Gasteiger charge is 2.23. The number of amides is 3. The molecule has 0 saturated carbocycles. The van der Waals surface area contributed by atoms with Crippen LogP contribution >= 0.6 is 0 Å². The van der Waals surface area contributed by atoms with E-state index in [1.54, 1.807) is 23.9 Å². The van der Waals surface area contributed by atoms with Crippen molar-refractivity contribution in [1.82, 2.24) is 14.7 Å². The number of nitrogens with zero attached hydrogens (tertiary/aromatic N) is 3. The molecule has 0 radical (unpaired) electrons. The minimum absolute atomic E-state index is 0.0542. The Balaban J connectivity index is 1.63.